The molecule has 0 atom stereocenters. The number of benzene rings is 2. The molecule has 0 saturated carbocycles. The molecule has 29 heavy (non-hydrogen) atoms. The molecular weight excluding hydrogens is 392 g/mol. The SMILES string of the molecule is CCCS(=O)(=O)Oc1ccc(-c2nc3ccccc3o2)cc1C[NH+]1CCOCC1. The van der Waals surface area contributed by atoms with Gasteiger partial charge in [0.2, 0.25) is 5.89 Å². The van der Waals surface area contributed by atoms with Crippen LogP contribution in [0.25, 0.3) is 22.6 Å². The lowest BCUT2D eigenvalue weighted by Crippen LogP contribution is -3.12. The van der Waals surface area contributed by atoms with E-state index in [9.17, 15) is 8.42 Å². The Morgan fingerprint density at radius 2 is 1.93 bits per heavy atom. The van der Waals surface area contributed by atoms with Gasteiger partial charge in [0, 0.05) is 5.56 Å². The van der Waals surface area contributed by atoms with Crippen LogP contribution in [0.15, 0.2) is 46.9 Å². The second-order valence-electron chi connectivity index (χ2n) is 7.19. The molecule has 8 heteroatoms. The van der Waals surface area contributed by atoms with Crippen molar-refractivity contribution in [3.05, 3.63) is 48.0 Å². The smallest absolute Gasteiger partial charge is 0.309 e. The van der Waals surface area contributed by atoms with Crippen LogP contribution < -0.4 is 9.08 Å². The molecule has 2 heterocycles. The first-order valence-corrected chi connectivity index (χ1v) is 11.4. The molecular formula is C21H25N2O5S+. The Labute approximate surface area is 170 Å². The van der Waals surface area contributed by atoms with Crippen molar-refractivity contribution in [3.63, 3.8) is 0 Å². The van der Waals surface area contributed by atoms with Gasteiger partial charge in [-0.2, -0.15) is 8.42 Å². The first kappa shape index (κ1) is 19.9. The lowest BCUT2D eigenvalue weighted by atomic mass is 10.1. The monoisotopic (exact) mass is 417 g/mol. The molecule has 2 aromatic carbocycles. The standard InChI is InChI=1S/C21H24N2O5S/c1-2-13-29(24,25)28-19-8-7-16(14-17(19)15-23-9-11-26-12-10-23)21-22-18-5-3-4-6-20(18)27-21/h3-8,14H,2,9-13,15H2,1H3/p+1. The molecule has 0 bridgehead atoms. The Balaban J connectivity index is 1.69. The Morgan fingerprint density at radius 1 is 1.14 bits per heavy atom. The number of hydrogen-bond acceptors (Lipinski definition) is 6. The van der Waals surface area contributed by atoms with Crippen LogP contribution in [0, 0.1) is 0 Å². The fourth-order valence-corrected chi connectivity index (χ4v) is 4.48. The predicted octanol–water partition coefficient (Wildman–Crippen LogP) is 2.03. The van der Waals surface area contributed by atoms with Crippen LogP contribution in [0.3, 0.4) is 0 Å². The first-order valence-electron chi connectivity index (χ1n) is 9.86. The van der Waals surface area contributed by atoms with E-state index in [1.54, 1.807) is 12.1 Å². The Kier molecular flexibility index (Phi) is 5.84. The van der Waals surface area contributed by atoms with Gasteiger partial charge in [-0.1, -0.05) is 19.1 Å². The normalized spacial score (nSPS) is 15.6. The van der Waals surface area contributed by atoms with Crippen LogP contribution in [0.2, 0.25) is 0 Å². The Bertz CT molecular complexity index is 1050. The van der Waals surface area contributed by atoms with Gasteiger partial charge in [0.1, 0.15) is 25.2 Å². The minimum absolute atomic E-state index is 0.0102. The molecule has 1 aromatic heterocycles. The average Bonchev–Trinajstić information content (AvgIpc) is 3.14. The van der Waals surface area contributed by atoms with E-state index in [-0.39, 0.29) is 5.75 Å². The van der Waals surface area contributed by atoms with Gasteiger partial charge in [-0.25, -0.2) is 4.98 Å². The van der Waals surface area contributed by atoms with Crippen molar-refractivity contribution in [2.45, 2.75) is 19.9 Å². The molecule has 3 aromatic rings. The van der Waals surface area contributed by atoms with Crippen LogP contribution in [-0.2, 0) is 21.4 Å². The van der Waals surface area contributed by atoms with Gasteiger partial charge in [-0.05, 0) is 36.8 Å². The van der Waals surface area contributed by atoms with Gasteiger partial charge >= 0.3 is 10.1 Å². The van der Waals surface area contributed by atoms with E-state index in [0.717, 1.165) is 29.7 Å². The van der Waals surface area contributed by atoms with Crippen LogP contribution in [0.1, 0.15) is 18.9 Å². The zero-order chi connectivity index (χ0) is 20.3. The number of para-hydroxylation sites is 2. The number of nitrogens with zero attached hydrogens (tertiary/aromatic N) is 1. The van der Waals surface area contributed by atoms with E-state index >= 15 is 0 Å². The topological polar surface area (TPSA) is 83.1 Å². The van der Waals surface area contributed by atoms with E-state index in [0.29, 0.717) is 43.4 Å². The lowest BCUT2D eigenvalue weighted by Gasteiger charge is -2.24. The maximum Gasteiger partial charge on any atom is 0.309 e. The zero-order valence-corrected chi connectivity index (χ0v) is 17.2. The van der Waals surface area contributed by atoms with Gasteiger partial charge in [0.15, 0.2) is 11.3 Å². The minimum Gasteiger partial charge on any atom is -0.436 e. The molecule has 1 saturated heterocycles. The molecule has 154 valence electrons. The van der Waals surface area contributed by atoms with Gasteiger partial charge in [-0.3, -0.25) is 0 Å². The minimum atomic E-state index is -3.62. The highest BCUT2D eigenvalue weighted by atomic mass is 32.2. The first-order chi connectivity index (χ1) is 14.0. The molecule has 4 rings (SSSR count). The highest BCUT2D eigenvalue weighted by molar-refractivity contribution is 7.87. The number of morpholine rings is 1. The summed E-state index contributed by atoms with van der Waals surface area (Å²) in [5.41, 5.74) is 3.12. The van der Waals surface area contributed by atoms with E-state index in [4.69, 9.17) is 13.3 Å². The molecule has 1 aliphatic rings. The molecule has 7 nitrogen and oxygen atoms in total. The highest BCUT2D eigenvalue weighted by Gasteiger charge is 2.21. The van der Waals surface area contributed by atoms with Crippen molar-refractivity contribution in [1.82, 2.24) is 4.98 Å². The molecule has 0 radical (unpaired) electrons. The summed E-state index contributed by atoms with van der Waals surface area (Å²) in [5.74, 6) is 0.869. The van der Waals surface area contributed by atoms with Gasteiger partial charge in [0.05, 0.1) is 24.5 Å². The number of quaternary nitrogens is 1. The van der Waals surface area contributed by atoms with Crippen molar-refractivity contribution in [2.24, 2.45) is 0 Å². The summed E-state index contributed by atoms with van der Waals surface area (Å²) < 4.78 is 41.2. The Hall–Kier alpha value is -2.42. The summed E-state index contributed by atoms with van der Waals surface area (Å²) in [6.45, 7) is 5.60. The molecule has 1 fully saturated rings. The molecule has 1 aliphatic heterocycles. The van der Waals surface area contributed by atoms with E-state index in [2.05, 4.69) is 4.98 Å². The summed E-state index contributed by atoms with van der Waals surface area (Å²) in [4.78, 5) is 5.87. The third-order valence-electron chi connectivity index (χ3n) is 4.91. The number of ether oxygens (including phenoxy) is 1. The van der Waals surface area contributed by atoms with Crippen molar-refractivity contribution >= 4 is 21.2 Å². The van der Waals surface area contributed by atoms with Crippen LogP contribution in [-0.4, -0.2) is 45.5 Å². The fraction of sp³-hybridized carbons (Fsp3) is 0.381. The number of fused-ring (bicyclic) bond motifs is 1. The third kappa shape index (κ3) is 4.77. The maximum atomic E-state index is 12.2. The Morgan fingerprint density at radius 3 is 2.69 bits per heavy atom. The van der Waals surface area contributed by atoms with Crippen LogP contribution in [0.5, 0.6) is 5.75 Å². The second kappa shape index (κ2) is 8.52. The summed E-state index contributed by atoms with van der Waals surface area (Å²) in [6, 6.07) is 13.0. The largest absolute Gasteiger partial charge is 0.436 e. The highest BCUT2D eigenvalue weighted by Crippen LogP contribution is 2.29. The number of hydrogen-bond donors (Lipinski definition) is 1. The van der Waals surface area contributed by atoms with Gasteiger partial charge in [0.25, 0.3) is 0 Å². The molecule has 0 aliphatic carbocycles. The third-order valence-corrected chi connectivity index (χ3v) is 6.25. The quantitative estimate of drug-likeness (QED) is 0.593. The molecule has 0 amide bonds. The fourth-order valence-electron chi connectivity index (χ4n) is 3.46. The number of aromatic nitrogens is 1. The molecule has 0 spiro atoms. The summed E-state index contributed by atoms with van der Waals surface area (Å²) in [6.07, 6.45) is 0.507. The number of nitrogens with one attached hydrogen (secondary N) is 1. The van der Waals surface area contributed by atoms with E-state index in [1.165, 1.54) is 4.90 Å². The van der Waals surface area contributed by atoms with Crippen molar-refractivity contribution in [2.75, 3.05) is 32.1 Å². The van der Waals surface area contributed by atoms with Crippen molar-refractivity contribution in [3.8, 4) is 17.2 Å². The molecule has 0 unspecified atom stereocenters. The van der Waals surface area contributed by atoms with Crippen molar-refractivity contribution < 1.29 is 26.7 Å². The predicted molar refractivity (Wildman–Crippen MR) is 109 cm³/mol. The maximum absolute atomic E-state index is 12.2. The summed E-state index contributed by atoms with van der Waals surface area (Å²) in [7, 11) is -3.62. The summed E-state index contributed by atoms with van der Waals surface area (Å²) >= 11 is 0. The van der Waals surface area contributed by atoms with E-state index < -0.39 is 10.1 Å². The van der Waals surface area contributed by atoms with Crippen molar-refractivity contribution in [1.29, 1.82) is 0 Å². The van der Waals surface area contributed by atoms with Gasteiger partial charge in [-0.15, -0.1) is 0 Å². The molecule has 1 N–H and O–H groups in total. The van der Waals surface area contributed by atoms with Crippen LogP contribution >= 0.6 is 0 Å². The van der Waals surface area contributed by atoms with Gasteiger partial charge < -0.3 is 18.2 Å². The second-order valence-corrected chi connectivity index (χ2v) is 8.88. The van der Waals surface area contributed by atoms with E-state index in [1.807, 2.05) is 37.3 Å². The zero-order valence-electron chi connectivity index (χ0n) is 16.4. The number of rotatable bonds is 7. The summed E-state index contributed by atoms with van der Waals surface area (Å²) in [5, 5.41) is 0. The number of oxazole rings is 1. The van der Waals surface area contributed by atoms with Crippen LogP contribution in [0.4, 0.5) is 0 Å². The lowest BCUT2D eigenvalue weighted by molar-refractivity contribution is -0.921. The average molecular weight is 418 g/mol.